The smallest absolute Gasteiger partial charge is 0.306 e. The van der Waals surface area contributed by atoms with Crippen molar-refractivity contribution in [2.45, 2.75) is 361 Å². The fourth-order valence-electron chi connectivity index (χ4n) is 10.2. The Labute approximate surface area is 503 Å². The Kier molecular flexibility index (Phi) is 66.2. The maximum Gasteiger partial charge on any atom is 0.306 e. The zero-order valence-corrected chi connectivity index (χ0v) is 53.8. The summed E-state index contributed by atoms with van der Waals surface area (Å²) in [5.74, 6) is -0.876. The second-order valence-electron chi connectivity index (χ2n) is 23.4. The molecule has 6 heteroatoms. The molecule has 0 aromatic carbocycles. The first-order valence-corrected chi connectivity index (χ1v) is 35.1. The summed E-state index contributed by atoms with van der Waals surface area (Å²) < 4.78 is 17.0. The van der Waals surface area contributed by atoms with Gasteiger partial charge in [0.1, 0.15) is 13.2 Å². The van der Waals surface area contributed by atoms with Gasteiger partial charge in [0, 0.05) is 19.3 Å². The highest BCUT2D eigenvalue weighted by atomic mass is 16.6. The van der Waals surface area contributed by atoms with Gasteiger partial charge in [0.2, 0.25) is 0 Å². The Morgan fingerprint density at radius 2 is 0.481 bits per heavy atom. The van der Waals surface area contributed by atoms with Crippen molar-refractivity contribution in [2.75, 3.05) is 13.2 Å². The second-order valence-corrected chi connectivity index (χ2v) is 23.4. The highest BCUT2D eigenvalue weighted by molar-refractivity contribution is 5.71. The lowest BCUT2D eigenvalue weighted by molar-refractivity contribution is -0.167. The van der Waals surface area contributed by atoms with Gasteiger partial charge in [0.25, 0.3) is 0 Å². The standard InChI is InChI=1S/C75H132O6/c1-4-7-10-13-16-19-22-25-28-31-34-36-37-39-41-44-47-50-53-56-59-62-65-68-74(77)80-71-72(70-79-73(76)67-64-61-58-55-52-49-46-43-40-33-30-27-24-21-18-15-12-9-6-3)81-75(78)69-66-63-60-57-54-51-48-45-42-38-35-32-29-26-23-20-17-14-11-8-5-2/h7,10,16,18-19,21,25,27-28,30,34,36,40,43,72H,4-6,8-9,11-15,17,20,22-24,26,29,31-33,35,37-39,41-42,44-71H2,1-3H3/b10-7-,19-16-,21-18-,28-25-,30-27-,36-34-,43-40-. The topological polar surface area (TPSA) is 78.9 Å². The predicted molar refractivity (Wildman–Crippen MR) is 353 cm³/mol. The summed E-state index contributed by atoms with van der Waals surface area (Å²) in [6.07, 6.45) is 91.7. The molecule has 0 aromatic rings. The van der Waals surface area contributed by atoms with Crippen LogP contribution in [0.15, 0.2) is 85.1 Å². The van der Waals surface area contributed by atoms with Crippen molar-refractivity contribution >= 4 is 17.9 Å². The molecular weight excluding hydrogens is 997 g/mol. The van der Waals surface area contributed by atoms with Gasteiger partial charge in [-0.15, -0.1) is 0 Å². The Morgan fingerprint density at radius 1 is 0.259 bits per heavy atom. The number of allylic oxidation sites excluding steroid dienone is 14. The number of hydrogen-bond donors (Lipinski definition) is 0. The fourth-order valence-corrected chi connectivity index (χ4v) is 10.2. The monoisotopic (exact) mass is 1130 g/mol. The molecule has 6 nitrogen and oxygen atoms in total. The van der Waals surface area contributed by atoms with E-state index in [2.05, 4.69) is 106 Å². The van der Waals surface area contributed by atoms with E-state index < -0.39 is 6.10 Å². The zero-order chi connectivity index (χ0) is 58.5. The van der Waals surface area contributed by atoms with E-state index in [9.17, 15) is 14.4 Å². The van der Waals surface area contributed by atoms with Crippen molar-refractivity contribution in [1.29, 1.82) is 0 Å². The summed E-state index contributed by atoms with van der Waals surface area (Å²) in [4.78, 5) is 38.5. The van der Waals surface area contributed by atoms with Gasteiger partial charge in [0.05, 0.1) is 0 Å². The van der Waals surface area contributed by atoms with Crippen LogP contribution >= 0.6 is 0 Å². The average Bonchev–Trinajstić information content (AvgIpc) is 3.47. The molecule has 0 radical (unpaired) electrons. The van der Waals surface area contributed by atoms with Gasteiger partial charge in [-0.05, 0) is 96.3 Å². The van der Waals surface area contributed by atoms with E-state index in [-0.39, 0.29) is 31.1 Å². The van der Waals surface area contributed by atoms with Gasteiger partial charge in [-0.2, -0.15) is 0 Å². The van der Waals surface area contributed by atoms with Gasteiger partial charge >= 0.3 is 17.9 Å². The molecule has 0 aliphatic carbocycles. The number of esters is 3. The first-order chi connectivity index (χ1) is 40.0. The van der Waals surface area contributed by atoms with Crippen LogP contribution in [0.2, 0.25) is 0 Å². The Bertz CT molecular complexity index is 1530. The molecule has 0 amide bonds. The van der Waals surface area contributed by atoms with Crippen LogP contribution in [0, 0.1) is 0 Å². The molecule has 0 aliphatic rings. The highest BCUT2D eigenvalue weighted by Gasteiger charge is 2.19. The lowest BCUT2D eigenvalue weighted by Crippen LogP contribution is -2.30. The molecule has 0 saturated heterocycles. The van der Waals surface area contributed by atoms with Crippen molar-refractivity contribution in [3.05, 3.63) is 85.1 Å². The number of carbonyl (C=O) groups is 3. The van der Waals surface area contributed by atoms with Crippen LogP contribution in [-0.4, -0.2) is 37.2 Å². The molecule has 0 bridgehead atoms. The normalized spacial score (nSPS) is 12.6. The minimum absolute atomic E-state index is 0.0800. The SMILES string of the molecule is CC/C=C\C/C=C\C/C=C\C/C=C\CCCCCCCCCCCCC(=O)OCC(COC(=O)CCCCCCCC/C=C\C/C=C\C/C=C\CCCCC)OC(=O)CCCCCCCCCCCCCCCCCCCCCCC. The summed E-state index contributed by atoms with van der Waals surface area (Å²) in [5.41, 5.74) is 0. The van der Waals surface area contributed by atoms with E-state index in [0.29, 0.717) is 19.3 Å². The number of ether oxygens (including phenoxy) is 3. The van der Waals surface area contributed by atoms with E-state index in [1.807, 2.05) is 0 Å². The molecule has 0 spiro atoms. The van der Waals surface area contributed by atoms with Crippen molar-refractivity contribution < 1.29 is 28.6 Å². The predicted octanol–water partition coefficient (Wildman–Crippen LogP) is 24.2. The third-order valence-corrected chi connectivity index (χ3v) is 15.4. The molecule has 1 atom stereocenters. The molecule has 0 aliphatic heterocycles. The van der Waals surface area contributed by atoms with E-state index in [0.717, 1.165) is 103 Å². The van der Waals surface area contributed by atoms with E-state index in [1.54, 1.807) is 0 Å². The minimum Gasteiger partial charge on any atom is -0.462 e. The van der Waals surface area contributed by atoms with Gasteiger partial charge in [-0.25, -0.2) is 0 Å². The van der Waals surface area contributed by atoms with Crippen LogP contribution in [0.4, 0.5) is 0 Å². The van der Waals surface area contributed by atoms with Crippen molar-refractivity contribution in [3.63, 3.8) is 0 Å². The van der Waals surface area contributed by atoms with Crippen molar-refractivity contribution in [3.8, 4) is 0 Å². The molecule has 0 rings (SSSR count). The number of rotatable bonds is 64. The molecule has 0 fully saturated rings. The molecule has 468 valence electrons. The number of carbonyl (C=O) groups excluding carboxylic acids is 3. The summed E-state index contributed by atoms with van der Waals surface area (Å²) in [5, 5.41) is 0. The Balaban J connectivity index is 4.37. The number of hydrogen-bond acceptors (Lipinski definition) is 6. The lowest BCUT2D eigenvalue weighted by Gasteiger charge is -2.18. The van der Waals surface area contributed by atoms with Crippen molar-refractivity contribution in [2.24, 2.45) is 0 Å². The minimum atomic E-state index is -0.785. The Morgan fingerprint density at radius 3 is 0.778 bits per heavy atom. The molecule has 0 N–H and O–H groups in total. The first kappa shape index (κ1) is 77.6. The largest absolute Gasteiger partial charge is 0.462 e. The molecule has 0 saturated carbocycles. The average molecular weight is 1130 g/mol. The molecule has 1 unspecified atom stereocenters. The van der Waals surface area contributed by atoms with Crippen LogP contribution in [0.25, 0.3) is 0 Å². The van der Waals surface area contributed by atoms with E-state index >= 15 is 0 Å². The quantitative estimate of drug-likeness (QED) is 0.0261. The molecule has 0 aromatic heterocycles. The van der Waals surface area contributed by atoms with Crippen LogP contribution in [0.1, 0.15) is 355 Å². The lowest BCUT2D eigenvalue weighted by atomic mass is 10.0. The summed E-state index contributed by atoms with van der Waals surface area (Å²) in [7, 11) is 0. The summed E-state index contributed by atoms with van der Waals surface area (Å²) in [6, 6.07) is 0. The van der Waals surface area contributed by atoms with Crippen molar-refractivity contribution in [1.82, 2.24) is 0 Å². The molecule has 0 heterocycles. The summed E-state index contributed by atoms with van der Waals surface area (Å²) in [6.45, 7) is 6.54. The maximum absolute atomic E-state index is 13.0. The van der Waals surface area contributed by atoms with Crippen LogP contribution < -0.4 is 0 Å². The third-order valence-electron chi connectivity index (χ3n) is 15.4. The van der Waals surface area contributed by atoms with Gasteiger partial charge in [0.15, 0.2) is 6.10 Å². The summed E-state index contributed by atoms with van der Waals surface area (Å²) >= 11 is 0. The van der Waals surface area contributed by atoms with E-state index in [4.69, 9.17) is 14.2 Å². The fraction of sp³-hybridized carbons (Fsp3) is 0.773. The maximum atomic E-state index is 13.0. The van der Waals surface area contributed by atoms with Crippen LogP contribution in [0.5, 0.6) is 0 Å². The van der Waals surface area contributed by atoms with E-state index in [1.165, 1.54) is 212 Å². The molecule has 81 heavy (non-hydrogen) atoms. The Hall–Kier alpha value is -3.41. The molecular formula is C75H132O6. The highest BCUT2D eigenvalue weighted by Crippen LogP contribution is 2.18. The third kappa shape index (κ3) is 67.3. The van der Waals surface area contributed by atoms with Gasteiger partial charge < -0.3 is 14.2 Å². The van der Waals surface area contributed by atoms with Crippen LogP contribution in [-0.2, 0) is 28.6 Å². The van der Waals surface area contributed by atoms with Crippen LogP contribution in [0.3, 0.4) is 0 Å². The van der Waals surface area contributed by atoms with Gasteiger partial charge in [-0.3, -0.25) is 14.4 Å². The second kappa shape index (κ2) is 69.1. The zero-order valence-electron chi connectivity index (χ0n) is 53.8. The van der Waals surface area contributed by atoms with Gasteiger partial charge in [-0.1, -0.05) is 324 Å². The number of unbranched alkanes of at least 4 members (excludes halogenated alkanes) is 39. The first-order valence-electron chi connectivity index (χ1n) is 35.1.